The first kappa shape index (κ1) is 30.5. The van der Waals surface area contributed by atoms with Gasteiger partial charge in [0.1, 0.15) is 5.75 Å². The van der Waals surface area contributed by atoms with Gasteiger partial charge in [-0.25, -0.2) is 14.2 Å². The number of aliphatic hydroxyl groups excluding tert-OH is 1. The summed E-state index contributed by atoms with van der Waals surface area (Å²) in [6.45, 7) is 5.70. The number of hydrogen-bond donors (Lipinski definition) is 1. The summed E-state index contributed by atoms with van der Waals surface area (Å²) in [5.74, 6) is 0.202. The maximum atomic E-state index is 14.1. The zero-order chi connectivity index (χ0) is 31.1. The maximum Gasteiger partial charge on any atom is 0.417 e. The molecule has 1 N–H and O–H groups in total. The molecule has 9 nitrogen and oxygen atoms in total. The van der Waals surface area contributed by atoms with Crippen LogP contribution in [0.1, 0.15) is 51.9 Å². The van der Waals surface area contributed by atoms with E-state index in [4.69, 9.17) is 14.8 Å². The molecule has 0 bridgehead atoms. The Morgan fingerprint density at radius 3 is 2.49 bits per heavy atom. The van der Waals surface area contributed by atoms with Crippen molar-refractivity contribution in [3.63, 3.8) is 0 Å². The number of aliphatic hydroxyl groups is 1. The largest absolute Gasteiger partial charge is 0.494 e. The SMILES string of the molecule is Cc1cc(C)n(-c2nc3c(c(=O)n2-c2ccc(OCCCO)cc2)C[C@@H](C)N(C(=O)c2ccc(Br)c(C(F)(F)F)c2)C3)n1. The first-order valence-corrected chi connectivity index (χ1v) is 14.4. The van der Waals surface area contributed by atoms with Crippen LogP contribution in [0.4, 0.5) is 13.2 Å². The van der Waals surface area contributed by atoms with Crippen molar-refractivity contribution in [3.8, 4) is 17.4 Å². The minimum Gasteiger partial charge on any atom is -0.494 e. The van der Waals surface area contributed by atoms with Crippen molar-refractivity contribution in [1.29, 1.82) is 0 Å². The molecule has 0 saturated carbocycles. The van der Waals surface area contributed by atoms with E-state index in [1.54, 1.807) is 35.9 Å². The van der Waals surface area contributed by atoms with Crippen molar-refractivity contribution < 1.29 is 27.8 Å². The molecule has 0 spiro atoms. The van der Waals surface area contributed by atoms with Gasteiger partial charge >= 0.3 is 6.18 Å². The molecule has 0 aliphatic carbocycles. The van der Waals surface area contributed by atoms with Gasteiger partial charge in [-0.1, -0.05) is 15.9 Å². The van der Waals surface area contributed by atoms with Gasteiger partial charge in [0.2, 0.25) is 5.95 Å². The Kier molecular flexibility index (Phi) is 8.48. The molecule has 1 amide bonds. The summed E-state index contributed by atoms with van der Waals surface area (Å²) >= 11 is 2.92. The van der Waals surface area contributed by atoms with Crippen molar-refractivity contribution in [2.24, 2.45) is 0 Å². The fraction of sp³-hybridized carbons (Fsp3) is 0.333. The normalized spacial score (nSPS) is 15.0. The quantitative estimate of drug-likeness (QED) is 0.275. The lowest BCUT2D eigenvalue weighted by Crippen LogP contribution is -2.46. The summed E-state index contributed by atoms with van der Waals surface area (Å²) in [5.41, 5.74) is 1.35. The Morgan fingerprint density at radius 1 is 1.14 bits per heavy atom. The minimum atomic E-state index is -4.64. The minimum absolute atomic E-state index is 0.0133. The van der Waals surface area contributed by atoms with Gasteiger partial charge in [0.05, 0.1) is 35.8 Å². The van der Waals surface area contributed by atoms with Gasteiger partial charge in [-0.05, 0) is 75.7 Å². The number of aromatic nitrogens is 4. The summed E-state index contributed by atoms with van der Waals surface area (Å²) in [4.78, 5) is 33.9. The highest BCUT2D eigenvalue weighted by atomic mass is 79.9. The lowest BCUT2D eigenvalue weighted by atomic mass is 9.98. The molecule has 0 fully saturated rings. The summed E-state index contributed by atoms with van der Waals surface area (Å²) in [5, 5.41) is 13.5. The first-order valence-electron chi connectivity index (χ1n) is 13.6. The molecule has 0 saturated heterocycles. The smallest absolute Gasteiger partial charge is 0.417 e. The number of fused-ring (bicyclic) bond motifs is 1. The van der Waals surface area contributed by atoms with Gasteiger partial charge in [-0.2, -0.15) is 18.3 Å². The van der Waals surface area contributed by atoms with E-state index in [2.05, 4.69) is 21.0 Å². The fourth-order valence-electron chi connectivity index (χ4n) is 5.11. The lowest BCUT2D eigenvalue weighted by Gasteiger charge is -2.34. The Bertz CT molecular complexity index is 1730. The molecule has 1 aliphatic rings. The fourth-order valence-corrected chi connectivity index (χ4v) is 5.58. The number of rotatable bonds is 7. The second-order valence-corrected chi connectivity index (χ2v) is 11.3. The van der Waals surface area contributed by atoms with E-state index in [0.717, 1.165) is 11.8 Å². The van der Waals surface area contributed by atoms with Crippen LogP contribution < -0.4 is 10.3 Å². The predicted molar refractivity (Wildman–Crippen MR) is 156 cm³/mol. The monoisotopic (exact) mass is 659 g/mol. The van der Waals surface area contributed by atoms with Crippen LogP contribution in [0.2, 0.25) is 0 Å². The summed E-state index contributed by atoms with van der Waals surface area (Å²) < 4.78 is 49.1. The van der Waals surface area contributed by atoms with Crippen LogP contribution in [0.15, 0.2) is 57.8 Å². The van der Waals surface area contributed by atoms with Crippen LogP contribution in [0.5, 0.6) is 5.75 Å². The Labute approximate surface area is 253 Å². The summed E-state index contributed by atoms with van der Waals surface area (Å²) in [6, 6.07) is 11.6. The van der Waals surface area contributed by atoms with E-state index in [1.165, 1.54) is 21.6 Å². The average Bonchev–Trinajstić information content (AvgIpc) is 3.30. The molecule has 13 heteroatoms. The summed E-state index contributed by atoms with van der Waals surface area (Å²) in [7, 11) is 0. The van der Waals surface area contributed by atoms with Gasteiger partial charge < -0.3 is 14.7 Å². The number of benzene rings is 2. The lowest BCUT2D eigenvalue weighted by molar-refractivity contribution is -0.138. The van der Waals surface area contributed by atoms with Gasteiger partial charge in [-0.3, -0.25) is 9.59 Å². The molecule has 1 atom stereocenters. The van der Waals surface area contributed by atoms with Crippen LogP contribution in [-0.4, -0.2) is 54.5 Å². The highest BCUT2D eigenvalue weighted by molar-refractivity contribution is 9.10. The number of carbonyl (C=O) groups excluding carboxylic acids is 1. The third-order valence-electron chi connectivity index (χ3n) is 7.24. The summed E-state index contributed by atoms with van der Waals surface area (Å²) in [6.07, 6.45) is -3.99. The van der Waals surface area contributed by atoms with E-state index in [9.17, 15) is 22.8 Å². The predicted octanol–water partition coefficient (Wildman–Crippen LogP) is 5.16. The van der Waals surface area contributed by atoms with Crippen LogP contribution >= 0.6 is 15.9 Å². The second-order valence-electron chi connectivity index (χ2n) is 10.4. The number of halogens is 4. The molecular weight excluding hydrogens is 631 g/mol. The van der Waals surface area contributed by atoms with Gasteiger partial charge in [-0.15, -0.1) is 0 Å². The number of aryl methyl sites for hydroxylation is 2. The molecule has 43 heavy (non-hydrogen) atoms. The molecule has 0 radical (unpaired) electrons. The topological polar surface area (TPSA) is 102 Å². The zero-order valence-electron chi connectivity index (χ0n) is 23.7. The van der Waals surface area contributed by atoms with Gasteiger partial charge in [0.25, 0.3) is 11.5 Å². The van der Waals surface area contributed by atoms with E-state index in [1.807, 2.05) is 19.9 Å². The molecule has 2 aromatic carbocycles. The van der Waals surface area contributed by atoms with Crippen molar-refractivity contribution in [3.05, 3.63) is 97.1 Å². The number of carbonyl (C=O) groups is 1. The number of ether oxygens (including phenoxy) is 1. The Hall–Kier alpha value is -3.97. The molecule has 0 unspecified atom stereocenters. The van der Waals surface area contributed by atoms with E-state index >= 15 is 0 Å². The molecule has 1 aliphatic heterocycles. The zero-order valence-corrected chi connectivity index (χ0v) is 25.2. The number of amides is 1. The highest BCUT2D eigenvalue weighted by Gasteiger charge is 2.36. The van der Waals surface area contributed by atoms with E-state index in [0.29, 0.717) is 41.4 Å². The van der Waals surface area contributed by atoms with Crippen molar-refractivity contribution in [1.82, 2.24) is 24.2 Å². The van der Waals surface area contributed by atoms with Crippen molar-refractivity contribution in [2.45, 2.75) is 52.4 Å². The van der Waals surface area contributed by atoms with Crippen LogP contribution in [-0.2, 0) is 19.1 Å². The van der Waals surface area contributed by atoms with Gasteiger partial charge in [0, 0.05) is 40.4 Å². The van der Waals surface area contributed by atoms with Crippen LogP contribution in [0, 0.1) is 13.8 Å². The molecule has 226 valence electrons. The molecular formula is C30H29BrF3N5O4. The average molecular weight is 660 g/mol. The Morgan fingerprint density at radius 2 is 1.86 bits per heavy atom. The highest BCUT2D eigenvalue weighted by Crippen LogP contribution is 2.36. The third-order valence-corrected chi connectivity index (χ3v) is 7.93. The molecule has 4 aromatic rings. The van der Waals surface area contributed by atoms with E-state index in [-0.39, 0.29) is 41.1 Å². The molecule has 3 heterocycles. The molecule has 2 aromatic heterocycles. The van der Waals surface area contributed by atoms with Gasteiger partial charge in [0.15, 0.2) is 0 Å². The number of nitrogens with zero attached hydrogens (tertiary/aromatic N) is 5. The van der Waals surface area contributed by atoms with Crippen LogP contribution in [0.3, 0.4) is 0 Å². The van der Waals surface area contributed by atoms with Crippen molar-refractivity contribution in [2.75, 3.05) is 13.2 Å². The first-order chi connectivity index (χ1) is 20.4. The van der Waals surface area contributed by atoms with Crippen molar-refractivity contribution >= 4 is 21.8 Å². The number of alkyl halides is 3. The molecule has 5 rings (SSSR count). The standard InChI is InChI=1S/C30H29BrF3N5O4/c1-17-13-19(3)39(36-17)29-35-26-16-37(27(41)20-5-10-25(31)24(15-20)30(32,33)34)18(2)14-23(26)28(42)38(29)21-6-8-22(9-7-21)43-12-4-11-40/h5-10,13,15,18,40H,4,11-12,14,16H2,1-3H3/t18-/m1/s1. The maximum absolute atomic E-state index is 14.1. The van der Waals surface area contributed by atoms with Crippen LogP contribution in [0.25, 0.3) is 11.6 Å². The second kappa shape index (κ2) is 12.0. The van der Waals surface area contributed by atoms with E-state index < -0.39 is 23.7 Å². The Balaban J connectivity index is 1.57. The number of hydrogen-bond acceptors (Lipinski definition) is 6. The third kappa shape index (κ3) is 6.09.